The molecule has 0 radical (unpaired) electrons. The number of para-hydroxylation sites is 2. The number of hydrazine groups is 1. The second kappa shape index (κ2) is 5.64. The van der Waals surface area contributed by atoms with E-state index in [1.54, 1.807) is 6.07 Å². The van der Waals surface area contributed by atoms with Gasteiger partial charge >= 0.3 is 5.91 Å². The zero-order chi connectivity index (χ0) is 19.5. The van der Waals surface area contributed by atoms with E-state index in [9.17, 15) is 9.59 Å². The van der Waals surface area contributed by atoms with E-state index in [2.05, 4.69) is 24.7 Å². The van der Waals surface area contributed by atoms with Crippen molar-refractivity contribution in [2.45, 2.75) is 38.0 Å². The normalized spacial score (nSPS) is 24.1. The fraction of sp³-hybridized carbons (Fsp3) is 0.333. The summed E-state index contributed by atoms with van der Waals surface area (Å²) in [4.78, 5) is 35.3. The summed E-state index contributed by atoms with van der Waals surface area (Å²) in [5.74, 6) is -0.460. The molecule has 2 heterocycles. The number of hydrogen-bond acceptors (Lipinski definition) is 5. The highest BCUT2D eigenvalue weighted by Crippen LogP contribution is 2.67. The number of aromatic nitrogens is 2. The van der Waals surface area contributed by atoms with Gasteiger partial charge in [-0.2, -0.15) is 0 Å². The van der Waals surface area contributed by atoms with Gasteiger partial charge in [0.25, 0.3) is 5.91 Å². The Kier molecular flexibility index (Phi) is 3.41. The first-order chi connectivity index (χ1) is 13.4. The van der Waals surface area contributed by atoms with E-state index in [1.165, 1.54) is 12.3 Å². The lowest BCUT2D eigenvalue weighted by molar-refractivity contribution is -0.130. The van der Waals surface area contributed by atoms with Crippen molar-refractivity contribution in [2.24, 2.45) is 5.41 Å². The number of benzene rings is 1. The largest absolute Gasteiger partial charge is 0.459 e. The third-order valence-corrected chi connectivity index (χ3v) is 6.53. The van der Waals surface area contributed by atoms with E-state index in [1.807, 2.05) is 24.3 Å². The first-order valence-electron chi connectivity index (χ1n) is 9.36. The number of carbonyl (C=O) groups is 2. The van der Waals surface area contributed by atoms with Gasteiger partial charge < -0.3 is 4.42 Å². The van der Waals surface area contributed by atoms with Crippen LogP contribution in [0, 0.1) is 5.41 Å². The maximum Gasteiger partial charge on any atom is 0.305 e. The molecule has 2 N–H and O–H groups in total. The highest BCUT2D eigenvalue weighted by molar-refractivity contribution is 5.96. The van der Waals surface area contributed by atoms with Gasteiger partial charge in [-0.15, -0.1) is 0 Å². The summed E-state index contributed by atoms with van der Waals surface area (Å²) < 4.78 is 5.07. The SMILES string of the molecule is CC1(C)C2CCC1(C(=O)NNC(=O)c1ccco1)c1nc3ccccc3nc12. The number of fused-ring (bicyclic) bond motifs is 6. The Morgan fingerprint density at radius 2 is 1.82 bits per heavy atom. The minimum absolute atomic E-state index is 0.138. The minimum Gasteiger partial charge on any atom is -0.459 e. The van der Waals surface area contributed by atoms with Crippen molar-refractivity contribution in [1.82, 2.24) is 20.8 Å². The fourth-order valence-corrected chi connectivity index (χ4v) is 5.02. The number of nitrogens with zero attached hydrogens (tertiary/aromatic N) is 2. The Bertz CT molecular complexity index is 1110. The Balaban J connectivity index is 1.53. The molecule has 2 atom stereocenters. The van der Waals surface area contributed by atoms with Crippen LogP contribution >= 0.6 is 0 Å². The number of hydrogen-bond donors (Lipinski definition) is 2. The molecule has 2 aliphatic rings. The van der Waals surface area contributed by atoms with Crippen LogP contribution in [0.3, 0.4) is 0 Å². The molecular weight excluding hydrogens is 356 g/mol. The second-order valence-corrected chi connectivity index (χ2v) is 8.05. The fourth-order valence-electron chi connectivity index (χ4n) is 5.02. The summed E-state index contributed by atoms with van der Waals surface area (Å²) in [5, 5.41) is 0. The second-order valence-electron chi connectivity index (χ2n) is 8.05. The molecule has 7 heteroatoms. The summed E-state index contributed by atoms with van der Waals surface area (Å²) in [6.45, 7) is 4.18. The number of rotatable bonds is 2. The number of amides is 2. The maximum atomic E-state index is 13.4. The van der Waals surface area contributed by atoms with E-state index in [-0.39, 0.29) is 23.0 Å². The molecule has 1 fully saturated rings. The quantitative estimate of drug-likeness (QED) is 0.671. The van der Waals surface area contributed by atoms with Gasteiger partial charge in [0.1, 0.15) is 5.41 Å². The van der Waals surface area contributed by atoms with Crippen molar-refractivity contribution in [3.8, 4) is 0 Å². The molecule has 2 bridgehead atoms. The van der Waals surface area contributed by atoms with Crippen molar-refractivity contribution < 1.29 is 14.0 Å². The highest BCUT2D eigenvalue weighted by Gasteiger charge is 2.68. The van der Waals surface area contributed by atoms with Crippen molar-refractivity contribution >= 4 is 22.8 Å². The van der Waals surface area contributed by atoms with Crippen LogP contribution < -0.4 is 10.9 Å². The molecule has 0 saturated heterocycles. The lowest BCUT2D eigenvalue weighted by Crippen LogP contribution is -2.54. The third-order valence-electron chi connectivity index (χ3n) is 6.53. The molecule has 2 amide bonds. The molecule has 0 spiro atoms. The van der Waals surface area contributed by atoms with Gasteiger partial charge in [0, 0.05) is 5.92 Å². The van der Waals surface area contributed by atoms with E-state index in [0.29, 0.717) is 6.42 Å². The molecule has 28 heavy (non-hydrogen) atoms. The standard InChI is InChI=1S/C21H20N4O3/c1-20(2)12-9-10-21(20,19(27)25-24-18(26)15-8-5-11-28-15)17-16(12)22-13-6-3-4-7-14(13)23-17/h3-8,11-12H,9-10H2,1-2H3,(H,24,26)(H,25,27). The van der Waals surface area contributed by atoms with Crippen LogP contribution in [-0.2, 0) is 10.2 Å². The predicted molar refractivity (Wildman–Crippen MR) is 101 cm³/mol. The van der Waals surface area contributed by atoms with Crippen molar-refractivity contribution in [3.63, 3.8) is 0 Å². The summed E-state index contributed by atoms with van der Waals surface area (Å²) in [6, 6.07) is 10.9. The first-order valence-corrected chi connectivity index (χ1v) is 9.36. The Hall–Kier alpha value is -3.22. The van der Waals surface area contributed by atoms with Gasteiger partial charge in [0.15, 0.2) is 5.76 Å². The molecule has 0 aliphatic heterocycles. The third kappa shape index (κ3) is 2.04. The zero-order valence-electron chi connectivity index (χ0n) is 15.7. The van der Waals surface area contributed by atoms with E-state index in [0.717, 1.165) is 28.8 Å². The molecule has 142 valence electrons. The van der Waals surface area contributed by atoms with Gasteiger partial charge in [0.05, 0.1) is 28.7 Å². The van der Waals surface area contributed by atoms with Crippen LogP contribution in [0.4, 0.5) is 0 Å². The zero-order valence-corrected chi connectivity index (χ0v) is 15.7. The molecule has 1 saturated carbocycles. The van der Waals surface area contributed by atoms with Gasteiger partial charge in [-0.05, 0) is 42.5 Å². The van der Waals surface area contributed by atoms with Crippen LogP contribution in [0.25, 0.3) is 11.0 Å². The van der Waals surface area contributed by atoms with Crippen LogP contribution in [0.2, 0.25) is 0 Å². The molecule has 5 rings (SSSR count). The van der Waals surface area contributed by atoms with E-state index >= 15 is 0 Å². The highest BCUT2D eigenvalue weighted by atomic mass is 16.3. The van der Waals surface area contributed by atoms with Gasteiger partial charge in [0.2, 0.25) is 0 Å². The molecule has 7 nitrogen and oxygen atoms in total. The lowest BCUT2D eigenvalue weighted by Gasteiger charge is -2.36. The predicted octanol–water partition coefficient (Wildman–Crippen LogP) is 2.84. The number of carbonyl (C=O) groups excluding carboxylic acids is 2. The maximum absolute atomic E-state index is 13.4. The number of nitrogens with one attached hydrogen (secondary N) is 2. The average Bonchev–Trinajstić information content (AvgIpc) is 3.36. The molecule has 2 aromatic heterocycles. The van der Waals surface area contributed by atoms with Crippen LogP contribution in [0.15, 0.2) is 47.1 Å². The van der Waals surface area contributed by atoms with E-state index < -0.39 is 11.3 Å². The molecule has 3 aromatic rings. The Morgan fingerprint density at radius 3 is 2.54 bits per heavy atom. The van der Waals surface area contributed by atoms with Crippen LogP contribution in [0.1, 0.15) is 54.5 Å². The summed E-state index contributed by atoms with van der Waals surface area (Å²) in [6.07, 6.45) is 2.95. The molecule has 2 unspecified atom stereocenters. The molecule has 2 aliphatic carbocycles. The molecule has 1 aromatic carbocycles. The van der Waals surface area contributed by atoms with Gasteiger partial charge in [-0.1, -0.05) is 26.0 Å². The monoisotopic (exact) mass is 376 g/mol. The van der Waals surface area contributed by atoms with Crippen molar-refractivity contribution in [2.75, 3.05) is 0 Å². The van der Waals surface area contributed by atoms with Crippen molar-refractivity contribution in [3.05, 3.63) is 59.8 Å². The van der Waals surface area contributed by atoms with Crippen LogP contribution in [-0.4, -0.2) is 21.8 Å². The van der Waals surface area contributed by atoms with Crippen molar-refractivity contribution in [1.29, 1.82) is 0 Å². The molecular formula is C21H20N4O3. The Labute approximate surface area is 161 Å². The minimum atomic E-state index is -0.833. The smallest absolute Gasteiger partial charge is 0.305 e. The summed E-state index contributed by atoms with van der Waals surface area (Å²) in [5.41, 5.74) is 7.14. The van der Waals surface area contributed by atoms with E-state index in [4.69, 9.17) is 14.4 Å². The average molecular weight is 376 g/mol. The van der Waals surface area contributed by atoms with Crippen LogP contribution in [0.5, 0.6) is 0 Å². The first kappa shape index (κ1) is 16.9. The summed E-state index contributed by atoms with van der Waals surface area (Å²) in [7, 11) is 0. The topological polar surface area (TPSA) is 97.1 Å². The summed E-state index contributed by atoms with van der Waals surface area (Å²) >= 11 is 0. The number of furan rings is 1. The lowest BCUT2D eigenvalue weighted by atomic mass is 9.68. The van der Waals surface area contributed by atoms with Gasteiger partial charge in [-0.3, -0.25) is 20.4 Å². The Morgan fingerprint density at radius 1 is 1.07 bits per heavy atom. The van der Waals surface area contributed by atoms with Gasteiger partial charge in [-0.25, -0.2) is 9.97 Å².